The lowest BCUT2D eigenvalue weighted by atomic mass is 10.0. The molecule has 6 nitrogen and oxygen atoms in total. The number of piperidine rings is 1. The van der Waals surface area contributed by atoms with E-state index in [2.05, 4.69) is 11.4 Å². The molecule has 0 bridgehead atoms. The normalized spacial score (nSPS) is 17.0. The Morgan fingerprint density at radius 2 is 2.08 bits per heavy atom. The molecule has 144 valence electrons. The SMILES string of the molecule is Cc1ccc(OCCC(=O)N2CCCCC2CNC(=O)CCN)c(C)c1. The molecule has 26 heavy (non-hydrogen) atoms. The number of amides is 2. The second-order valence-corrected chi connectivity index (χ2v) is 6.95. The summed E-state index contributed by atoms with van der Waals surface area (Å²) in [7, 11) is 0. The second-order valence-electron chi connectivity index (χ2n) is 6.95. The van der Waals surface area contributed by atoms with Crippen molar-refractivity contribution < 1.29 is 14.3 Å². The number of nitrogens with zero attached hydrogens (tertiary/aromatic N) is 1. The van der Waals surface area contributed by atoms with Gasteiger partial charge in [0.2, 0.25) is 11.8 Å². The first-order valence-corrected chi connectivity index (χ1v) is 9.47. The van der Waals surface area contributed by atoms with Crippen molar-refractivity contribution in [1.82, 2.24) is 10.2 Å². The minimum absolute atomic E-state index is 0.0522. The van der Waals surface area contributed by atoms with Gasteiger partial charge in [0.25, 0.3) is 0 Å². The van der Waals surface area contributed by atoms with Crippen LogP contribution in [0.4, 0.5) is 0 Å². The lowest BCUT2D eigenvalue weighted by Gasteiger charge is -2.36. The van der Waals surface area contributed by atoms with E-state index < -0.39 is 0 Å². The van der Waals surface area contributed by atoms with Crippen molar-refractivity contribution in [2.45, 2.75) is 52.0 Å². The average Bonchev–Trinajstić information content (AvgIpc) is 2.62. The standard InChI is InChI=1S/C20H31N3O3/c1-15-6-7-18(16(2)13-15)26-12-9-20(25)23-11-4-3-5-17(23)14-22-19(24)8-10-21/h6-7,13,17H,3-5,8-12,14,21H2,1-2H3,(H,22,24). The molecule has 0 saturated carbocycles. The Kier molecular flexibility index (Phi) is 7.91. The number of hydrogen-bond donors (Lipinski definition) is 2. The Balaban J connectivity index is 1.82. The molecule has 1 fully saturated rings. The van der Waals surface area contributed by atoms with Crippen LogP contribution in [0.25, 0.3) is 0 Å². The molecular formula is C20H31N3O3. The zero-order valence-corrected chi connectivity index (χ0v) is 15.9. The Hall–Kier alpha value is -2.08. The van der Waals surface area contributed by atoms with Crippen molar-refractivity contribution in [3.05, 3.63) is 29.3 Å². The summed E-state index contributed by atoms with van der Waals surface area (Å²) >= 11 is 0. The lowest BCUT2D eigenvalue weighted by Crippen LogP contribution is -2.49. The molecule has 1 saturated heterocycles. The van der Waals surface area contributed by atoms with Crippen LogP contribution in [-0.4, -0.2) is 49.0 Å². The van der Waals surface area contributed by atoms with Crippen LogP contribution in [0.5, 0.6) is 5.75 Å². The molecule has 2 rings (SSSR count). The predicted molar refractivity (Wildman–Crippen MR) is 102 cm³/mol. The van der Waals surface area contributed by atoms with Gasteiger partial charge in [-0.1, -0.05) is 17.7 Å². The predicted octanol–water partition coefficient (Wildman–Crippen LogP) is 1.92. The molecule has 0 spiro atoms. The van der Waals surface area contributed by atoms with Crippen molar-refractivity contribution in [2.24, 2.45) is 5.73 Å². The first kappa shape index (κ1) is 20.2. The van der Waals surface area contributed by atoms with Crippen molar-refractivity contribution in [3.8, 4) is 5.75 Å². The number of benzene rings is 1. The number of carbonyl (C=O) groups excluding carboxylic acids is 2. The van der Waals surface area contributed by atoms with E-state index in [0.717, 1.165) is 37.1 Å². The lowest BCUT2D eigenvalue weighted by molar-refractivity contribution is -0.136. The number of aryl methyl sites for hydroxylation is 2. The van der Waals surface area contributed by atoms with Gasteiger partial charge in [0.1, 0.15) is 5.75 Å². The molecule has 1 aliphatic heterocycles. The molecule has 0 aromatic heterocycles. The van der Waals surface area contributed by atoms with E-state index >= 15 is 0 Å². The van der Waals surface area contributed by atoms with Crippen LogP contribution in [0.3, 0.4) is 0 Å². The number of nitrogens with one attached hydrogen (secondary N) is 1. The molecule has 0 radical (unpaired) electrons. The molecule has 2 amide bonds. The summed E-state index contributed by atoms with van der Waals surface area (Å²) in [6.07, 6.45) is 3.69. The average molecular weight is 361 g/mol. The van der Waals surface area contributed by atoms with Crippen LogP contribution < -0.4 is 15.8 Å². The molecule has 3 N–H and O–H groups in total. The number of ether oxygens (including phenoxy) is 1. The van der Waals surface area contributed by atoms with Crippen LogP contribution in [0, 0.1) is 13.8 Å². The van der Waals surface area contributed by atoms with Crippen molar-refractivity contribution >= 4 is 11.8 Å². The molecule has 1 aliphatic rings. The fraction of sp³-hybridized carbons (Fsp3) is 0.600. The van der Waals surface area contributed by atoms with Gasteiger partial charge >= 0.3 is 0 Å². The summed E-state index contributed by atoms with van der Waals surface area (Å²) in [4.78, 5) is 26.2. The van der Waals surface area contributed by atoms with Gasteiger partial charge in [0.15, 0.2) is 0 Å². The number of carbonyl (C=O) groups is 2. The third kappa shape index (κ3) is 6.02. The fourth-order valence-corrected chi connectivity index (χ4v) is 3.35. The summed E-state index contributed by atoms with van der Waals surface area (Å²) in [5.41, 5.74) is 7.67. The molecular weight excluding hydrogens is 330 g/mol. The highest BCUT2D eigenvalue weighted by Crippen LogP contribution is 2.20. The van der Waals surface area contributed by atoms with Gasteiger partial charge in [0, 0.05) is 32.1 Å². The van der Waals surface area contributed by atoms with Gasteiger partial charge in [-0.3, -0.25) is 9.59 Å². The number of rotatable bonds is 8. The van der Waals surface area contributed by atoms with Crippen molar-refractivity contribution in [3.63, 3.8) is 0 Å². The summed E-state index contributed by atoms with van der Waals surface area (Å²) in [5, 5.41) is 2.89. The quantitative estimate of drug-likeness (QED) is 0.741. The van der Waals surface area contributed by atoms with Gasteiger partial charge < -0.3 is 20.7 Å². The van der Waals surface area contributed by atoms with E-state index in [4.69, 9.17) is 10.5 Å². The topological polar surface area (TPSA) is 84.7 Å². The maximum atomic E-state index is 12.6. The van der Waals surface area contributed by atoms with E-state index in [1.165, 1.54) is 5.56 Å². The van der Waals surface area contributed by atoms with E-state index in [9.17, 15) is 9.59 Å². The third-order valence-electron chi connectivity index (χ3n) is 4.76. The van der Waals surface area contributed by atoms with E-state index in [-0.39, 0.29) is 17.9 Å². The van der Waals surface area contributed by atoms with Crippen LogP contribution in [0.1, 0.15) is 43.2 Å². The van der Waals surface area contributed by atoms with Gasteiger partial charge in [-0.05, 0) is 44.7 Å². The first-order chi connectivity index (χ1) is 12.5. The van der Waals surface area contributed by atoms with Crippen LogP contribution >= 0.6 is 0 Å². The monoisotopic (exact) mass is 361 g/mol. The Bertz CT molecular complexity index is 618. The molecule has 0 aliphatic carbocycles. The fourth-order valence-electron chi connectivity index (χ4n) is 3.35. The molecule has 1 unspecified atom stereocenters. The maximum Gasteiger partial charge on any atom is 0.226 e. The zero-order chi connectivity index (χ0) is 18.9. The van der Waals surface area contributed by atoms with Crippen molar-refractivity contribution in [2.75, 3.05) is 26.2 Å². The molecule has 1 aromatic carbocycles. The molecule has 1 atom stereocenters. The summed E-state index contributed by atoms with van der Waals surface area (Å²) in [5.74, 6) is 0.865. The highest BCUT2D eigenvalue weighted by molar-refractivity contribution is 5.78. The summed E-state index contributed by atoms with van der Waals surface area (Å²) in [6, 6.07) is 6.10. The Morgan fingerprint density at radius 3 is 2.81 bits per heavy atom. The van der Waals surface area contributed by atoms with Gasteiger partial charge in [-0.15, -0.1) is 0 Å². The minimum Gasteiger partial charge on any atom is -0.493 e. The maximum absolute atomic E-state index is 12.6. The van der Waals surface area contributed by atoms with Crippen molar-refractivity contribution in [1.29, 1.82) is 0 Å². The third-order valence-corrected chi connectivity index (χ3v) is 4.76. The zero-order valence-electron chi connectivity index (χ0n) is 15.9. The smallest absolute Gasteiger partial charge is 0.226 e. The van der Waals surface area contributed by atoms with Gasteiger partial charge in [0.05, 0.1) is 13.0 Å². The highest BCUT2D eigenvalue weighted by atomic mass is 16.5. The number of hydrogen-bond acceptors (Lipinski definition) is 4. The summed E-state index contributed by atoms with van der Waals surface area (Å²) in [6.45, 7) is 6.01. The van der Waals surface area contributed by atoms with E-state index in [1.807, 2.05) is 30.9 Å². The second kappa shape index (κ2) is 10.2. The highest BCUT2D eigenvalue weighted by Gasteiger charge is 2.26. The summed E-state index contributed by atoms with van der Waals surface area (Å²) < 4.78 is 5.79. The van der Waals surface area contributed by atoms with Crippen LogP contribution in [0.2, 0.25) is 0 Å². The minimum atomic E-state index is -0.0522. The molecule has 6 heteroatoms. The molecule has 1 aromatic rings. The Labute approximate surface area is 156 Å². The van der Waals surface area contributed by atoms with Crippen LogP contribution in [-0.2, 0) is 9.59 Å². The van der Waals surface area contributed by atoms with E-state index in [1.54, 1.807) is 0 Å². The number of likely N-dealkylation sites (tertiary alicyclic amines) is 1. The van der Waals surface area contributed by atoms with E-state index in [0.29, 0.717) is 32.5 Å². The van der Waals surface area contributed by atoms with Gasteiger partial charge in [-0.25, -0.2) is 0 Å². The van der Waals surface area contributed by atoms with Gasteiger partial charge in [-0.2, -0.15) is 0 Å². The first-order valence-electron chi connectivity index (χ1n) is 9.47. The number of nitrogens with two attached hydrogens (primary N) is 1. The Morgan fingerprint density at radius 1 is 1.27 bits per heavy atom. The molecule has 1 heterocycles. The van der Waals surface area contributed by atoms with Crippen LogP contribution in [0.15, 0.2) is 18.2 Å². The largest absolute Gasteiger partial charge is 0.493 e.